The molecule has 3 amide bonds. The summed E-state index contributed by atoms with van der Waals surface area (Å²) in [6, 6.07) is 8.53. The predicted molar refractivity (Wildman–Crippen MR) is 88.1 cm³/mol. The predicted octanol–water partition coefficient (Wildman–Crippen LogP) is 1.33. The largest absolute Gasteiger partial charge is 0.455 e. The highest BCUT2D eigenvalue weighted by Crippen LogP contribution is 2.16. The number of ether oxygens (including phenoxy) is 1. The fraction of sp³-hybridized carbons (Fsp3) is 0.176. The first-order valence-electron chi connectivity index (χ1n) is 7.27. The maximum Gasteiger partial charge on any atom is 0.321 e. The molecule has 0 unspecified atom stereocenters. The number of aromatic nitrogens is 1. The molecule has 0 saturated carbocycles. The van der Waals surface area contributed by atoms with Gasteiger partial charge >= 0.3 is 12.0 Å². The standard InChI is InChI=1S/C17H17N3O4/c1-2-8-19-17(23)20-14(21)11-24-15(22)10-13-6-3-5-12-7-4-9-18-16(12)13/h2-7,9H,1,8,10-11H2,(H2,19,20,21,23). The first-order valence-corrected chi connectivity index (χ1v) is 7.27. The summed E-state index contributed by atoms with van der Waals surface area (Å²) in [5.41, 5.74) is 1.42. The van der Waals surface area contributed by atoms with Gasteiger partial charge < -0.3 is 10.1 Å². The number of nitrogens with one attached hydrogen (secondary N) is 2. The third-order valence-electron chi connectivity index (χ3n) is 3.08. The number of amides is 3. The van der Waals surface area contributed by atoms with Crippen LogP contribution in [-0.2, 0) is 20.7 Å². The fourth-order valence-electron chi connectivity index (χ4n) is 2.03. The van der Waals surface area contributed by atoms with E-state index in [9.17, 15) is 14.4 Å². The zero-order valence-electron chi connectivity index (χ0n) is 13.0. The number of benzene rings is 1. The monoisotopic (exact) mass is 327 g/mol. The molecule has 1 heterocycles. The first-order chi connectivity index (χ1) is 11.6. The molecule has 0 bridgehead atoms. The van der Waals surface area contributed by atoms with Crippen LogP contribution in [0.2, 0.25) is 0 Å². The Morgan fingerprint density at radius 2 is 2.00 bits per heavy atom. The van der Waals surface area contributed by atoms with Crippen LogP contribution >= 0.6 is 0 Å². The van der Waals surface area contributed by atoms with E-state index in [1.54, 1.807) is 12.3 Å². The zero-order valence-corrected chi connectivity index (χ0v) is 13.0. The van der Waals surface area contributed by atoms with Gasteiger partial charge in [-0.25, -0.2) is 4.79 Å². The van der Waals surface area contributed by atoms with E-state index in [-0.39, 0.29) is 13.0 Å². The molecule has 0 saturated heterocycles. The first kappa shape index (κ1) is 17.1. The number of fused-ring (bicyclic) bond motifs is 1. The molecule has 1 aromatic carbocycles. The van der Waals surface area contributed by atoms with Crippen LogP contribution in [0.15, 0.2) is 49.2 Å². The van der Waals surface area contributed by atoms with Crippen molar-refractivity contribution in [3.05, 3.63) is 54.7 Å². The third kappa shape index (κ3) is 4.91. The lowest BCUT2D eigenvalue weighted by Gasteiger charge is -2.07. The number of carbonyl (C=O) groups excluding carboxylic acids is 3. The van der Waals surface area contributed by atoms with Crippen molar-refractivity contribution in [2.24, 2.45) is 0 Å². The second-order valence-electron chi connectivity index (χ2n) is 4.88. The number of rotatable bonds is 6. The van der Waals surface area contributed by atoms with Crippen molar-refractivity contribution in [1.29, 1.82) is 0 Å². The van der Waals surface area contributed by atoms with E-state index in [1.807, 2.05) is 29.6 Å². The molecule has 2 aromatic rings. The molecule has 2 rings (SSSR count). The quantitative estimate of drug-likeness (QED) is 0.616. The summed E-state index contributed by atoms with van der Waals surface area (Å²) in [5.74, 6) is -1.28. The van der Waals surface area contributed by atoms with Crippen molar-refractivity contribution in [2.45, 2.75) is 6.42 Å². The van der Waals surface area contributed by atoms with Crippen LogP contribution in [0.4, 0.5) is 4.79 Å². The van der Waals surface area contributed by atoms with E-state index in [2.05, 4.69) is 16.9 Å². The molecule has 124 valence electrons. The van der Waals surface area contributed by atoms with Gasteiger partial charge in [-0.2, -0.15) is 0 Å². The van der Waals surface area contributed by atoms with Gasteiger partial charge in [-0.05, 0) is 11.6 Å². The van der Waals surface area contributed by atoms with Crippen LogP contribution in [0.3, 0.4) is 0 Å². The Bertz CT molecular complexity index is 768. The number of urea groups is 1. The number of para-hydroxylation sites is 1. The van der Waals surface area contributed by atoms with Gasteiger partial charge in [-0.1, -0.05) is 30.3 Å². The molecular formula is C17H17N3O4. The zero-order chi connectivity index (χ0) is 17.4. The average molecular weight is 327 g/mol. The number of esters is 1. The van der Waals surface area contributed by atoms with E-state index in [1.165, 1.54) is 6.08 Å². The minimum atomic E-state index is -0.707. The molecule has 0 aliphatic rings. The van der Waals surface area contributed by atoms with Gasteiger partial charge in [0.2, 0.25) is 0 Å². The molecule has 24 heavy (non-hydrogen) atoms. The van der Waals surface area contributed by atoms with Crippen LogP contribution in [0.1, 0.15) is 5.56 Å². The molecule has 1 aromatic heterocycles. The second kappa shape index (κ2) is 8.42. The van der Waals surface area contributed by atoms with E-state index in [0.717, 1.165) is 5.39 Å². The van der Waals surface area contributed by atoms with Crippen molar-refractivity contribution < 1.29 is 19.1 Å². The van der Waals surface area contributed by atoms with Crippen molar-refractivity contribution >= 4 is 28.8 Å². The highest BCUT2D eigenvalue weighted by Gasteiger charge is 2.12. The van der Waals surface area contributed by atoms with Crippen molar-refractivity contribution in [1.82, 2.24) is 15.6 Å². The topological polar surface area (TPSA) is 97.4 Å². The molecule has 0 radical (unpaired) electrons. The molecule has 0 aliphatic carbocycles. The number of nitrogens with zero attached hydrogens (tertiary/aromatic N) is 1. The summed E-state index contributed by atoms with van der Waals surface area (Å²) in [6.07, 6.45) is 3.11. The highest BCUT2D eigenvalue weighted by molar-refractivity contribution is 5.95. The SMILES string of the molecule is C=CCNC(=O)NC(=O)COC(=O)Cc1cccc2cccnc12. The molecule has 0 atom stereocenters. The lowest BCUT2D eigenvalue weighted by atomic mass is 10.1. The average Bonchev–Trinajstić information content (AvgIpc) is 2.58. The Hall–Kier alpha value is -3.22. The van der Waals surface area contributed by atoms with Gasteiger partial charge in [0.1, 0.15) is 0 Å². The second-order valence-corrected chi connectivity index (χ2v) is 4.88. The van der Waals surface area contributed by atoms with Gasteiger partial charge in [-0.15, -0.1) is 6.58 Å². The van der Waals surface area contributed by atoms with Crippen LogP contribution in [0.25, 0.3) is 10.9 Å². The van der Waals surface area contributed by atoms with Crippen LogP contribution in [0.5, 0.6) is 0 Å². The lowest BCUT2D eigenvalue weighted by molar-refractivity contribution is -0.147. The number of carbonyl (C=O) groups is 3. The minimum Gasteiger partial charge on any atom is -0.455 e. The Morgan fingerprint density at radius 3 is 2.79 bits per heavy atom. The van der Waals surface area contributed by atoms with Crippen LogP contribution in [-0.4, -0.2) is 36.0 Å². The Labute approximate surface area is 138 Å². The number of hydrogen-bond acceptors (Lipinski definition) is 5. The maximum atomic E-state index is 11.9. The van der Waals surface area contributed by atoms with Gasteiger partial charge in [0.15, 0.2) is 6.61 Å². The van der Waals surface area contributed by atoms with Crippen LogP contribution in [0, 0.1) is 0 Å². The number of pyridine rings is 1. The van der Waals surface area contributed by atoms with E-state index in [4.69, 9.17) is 4.74 Å². The van der Waals surface area contributed by atoms with E-state index in [0.29, 0.717) is 11.1 Å². The van der Waals surface area contributed by atoms with E-state index >= 15 is 0 Å². The summed E-state index contributed by atoms with van der Waals surface area (Å²) < 4.78 is 4.88. The van der Waals surface area contributed by atoms with Crippen molar-refractivity contribution in [3.63, 3.8) is 0 Å². The summed E-state index contributed by atoms with van der Waals surface area (Å²) in [7, 11) is 0. The molecule has 0 fully saturated rings. The fourth-order valence-corrected chi connectivity index (χ4v) is 2.03. The molecular weight excluding hydrogens is 310 g/mol. The van der Waals surface area contributed by atoms with Crippen LogP contribution < -0.4 is 10.6 Å². The summed E-state index contributed by atoms with van der Waals surface area (Å²) in [5, 5.41) is 5.33. The smallest absolute Gasteiger partial charge is 0.321 e. The van der Waals surface area contributed by atoms with Crippen molar-refractivity contribution in [3.8, 4) is 0 Å². The number of hydrogen-bond donors (Lipinski definition) is 2. The van der Waals surface area contributed by atoms with Gasteiger partial charge in [0, 0.05) is 18.1 Å². The Balaban J connectivity index is 1.86. The maximum absolute atomic E-state index is 11.9. The van der Waals surface area contributed by atoms with Gasteiger partial charge in [-0.3, -0.25) is 19.9 Å². The lowest BCUT2D eigenvalue weighted by Crippen LogP contribution is -2.41. The summed E-state index contributed by atoms with van der Waals surface area (Å²) in [6.45, 7) is 3.13. The summed E-state index contributed by atoms with van der Waals surface area (Å²) >= 11 is 0. The highest BCUT2D eigenvalue weighted by atomic mass is 16.5. The molecule has 2 N–H and O–H groups in total. The Kier molecular flexibility index (Phi) is 6.01. The van der Waals surface area contributed by atoms with E-state index < -0.39 is 24.5 Å². The third-order valence-corrected chi connectivity index (χ3v) is 3.08. The molecule has 7 nitrogen and oxygen atoms in total. The molecule has 7 heteroatoms. The normalized spacial score (nSPS) is 10.0. The summed E-state index contributed by atoms with van der Waals surface area (Å²) in [4.78, 5) is 38.9. The minimum absolute atomic E-state index is 0.00963. The van der Waals surface area contributed by atoms with Gasteiger partial charge in [0.25, 0.3) is 5.91 Å². The van der Waals surface area contributed by atoms with Crippen molar-refractivity contribution in [2.75, 3.05) is 13.2 Å². The van der Waals surface area contributed by atoms with Gasteiger partial charge in [0.05, 0.1) is 11.9 Å². The molecule has 0 aliphatic heterocycles. The molecule has 0 spiro atoms. The Morgan fingerprint density at radius 1 is 1.21 bits per heavy atom. The number of imide groups is 1.